The van der Waals surface area contributed by atoms with Gasteiger partial charge in [-0.1, -0.05) is 18.5 Å². The SMILES string of the molecule is CCCNc1cc(C)nc2c(C)cc(Cl)cc12. The molecule has 17 heavy (non-hydrogen) atoms. The molecule has 1 N–H and O–H groups in total. The second-order valence-electron chi connectivity index (χ2n) is 4.36. The highest BCUT2D eigenvalue weighted by Gasteiger charge is 2.07. The van der Waals surface area contributed by atoms with Crippen molar-refractivity contribution in [2.45, 2.75) is 27.2 Å². The fourth-order valence-electron chi connectivity index (χ4n) is 1.99. The minimum atomic E-state index is 0.764. The maximum Gasteiger partial charge on any atom is 0.0756 e. The summed E-state index contributed by atoms with van der Waals surface area (Å²) in [6.45, 7) is 7.18. The van der Waals surface area contributed by atoms with Crippen LogP contribution < -0.4 is 5.32 Å². The molecule has 90 valence electrons. The highest BCUT2D eigenvalue weighted by molar-refractivity contribution is 6.31. The third-order valence-electron chi connectivity index (χ3n) is 2.76. The van der Waals surface area contributed by atoms with E-state index in [1.807, 2.05) is 26.0 Å². The van der Waals surface area contributed by atoms with Crippen molar-refractivity contribution in [2.24, 2.45) is 0 Å². The summed E-state index contributed by atoms with van der Waals surface area (Å²) in [5.74, 6) is 0. The predicted molar refractivity (Wildman–Crippen MR) is 75.0 cm³/mol. The molecule has 1 heterocycles. The van der Waals surface area contributed by atoms with Gasteiger partial charge in [-0.15, -0.1) is 0 Å². The highest BCUT2D eigenvalue weighted by Crippen LogP contribution is 2.28. The monoisotopic (exact) mass is 248 g/mol. The van der Waals surface area contributed by atoms with E-state index >= 15 is 0 Å². The molecule has 2 rings (SSSR count). The third-order valence-corrected chi connectivity index (χ3v) is 2.98. The van der Waals surface area contributed by atoms with Crippen molar-refractivity contribution in [3.63, 3.8) is 0 Å². The van der Waals surface area contributed by atoms with E-state index in [-0.39, 0.29) is 0 Å². The molecular weight excluding hydrogens is 232 g/mol. The Morgan fingerprint density at radius 2 is 2.00 bits per heavy atom. The van der Waals surface area contributed by atoms with Crippen LogP contribution in [0.3, 0.4) is 0 Å². The summed E-state index contributed by atoms with van der Waals surface area (Å²) < 4.78 is 0. The lowest BCUT2D eigenvalue weighted by atomic mass is 10.1. The lowest BCUT2D eigenvalue weighted by molar-refractivity contribution is 0.980. The number of nitrogens with one attached hydrogen (secondary N) is 1. The maximum atomic E-state index is 6.11. The second kappa shape index (κ2) is 4.92. The molecule has 0 saturated heterocycles. The van der Waals surface area contributed by atoms with Gasteiger partial charge in [0.15, 0.2) is 0 Å². The van der Waals surface area contributed by atoms with Crippen molar-refractivity contribution in [1.29, 1.82) is 0 Å². The number of nitrogens with zero attached hydrogens (tertiary/aromatic N) is 1. The molecule has 0 radical (unpaired) electrons. The molecule has 0 unspecified atom stereocenters. The van der Waals surface area contributed by atoms with E-state index in [0.29, 0.717) is 0 Å². The van der Waals surface area contributed by atoms with Crippen molar-refractivity contribution in [2.75, 3.05) is 11.9 Å². The van der Waals surface area contributed by atoms with Crippen LogP contribution in [0.1, 0.15) is 24.6 Å². The van der Waals surface area contributed by atoms with Gasteiger partial charge < -0.3 is 5.32 Å². The normalized spacial score (nSPS) is 10.8. The van der Waals surface area contributed by atoms with Gasteiger partial charge in [-0.3, -0.25) is 4.98 Å². The quantitative estimate of drug-likeness (QED) is 0.875. The first-order valence-electron chi connectivity index (χ1n) is 5.93. The molecule has 0 fully saturated rings. The standard InChI is InChI=1S/C14H17ClN2/c1-4-5-16-13-7-10(3)17-14-9(2)6-11(15)8-12(13)14/h6-8H,4-5H2,1-3H3,(H,16,17). The Kier molecular flexibility index (Phi) is 3.53. The predicted octanol–water partition coefficient (Wildman–Crippen LogP) is 4.33. The summed E-state index contributed by atoms with van der Waals surface area (Å²) in [6, 6.07) is 6.02. The third kappa shape index (κ3) is 2.52. The fraction of sp³-hybridized carbons (Fsp3) is 0.357. The minimum absolute atomic E-state index is 0.764. The number of hydrogen-bond acceptors (Lipinski definition) is 2. The van der Waals surface area contributed by atoms with Gasteiger partial charge in [-0.2, -0.15) is 0 Å². The topological polar surface area (TPSA) is 24.9 Å². The van der Waals surface area contributed by atoms with E-state index in [2.05, 4.69) is 23.3 Å². The molecule has 0 aliphatic heterocycles. The lowest BCUT2D eigenvalue weighted by Gasteiger charge is -2.11. The molecule has 3 heteroatoms. The largest absolute Gasteiger partial charge is 0.384 e. The van der Waals surface area contributed by atoms with Crippen molar-refractivity contribution in [1.82, 2.24) is 4.98 Å². The van der Waals surface area contributed by atoms with Gasteiger partial charge in [0.2, 0.25) is 0 Å². The molecule has 0 spiro atoms. The Morgan fingerprint density at radius 1 is 1.24 bits per heavy atom. The second-order valence-corrected chi connectivity index (χ2v) is 4.79. The van der Waals surface area contributed by atoms with Crippen LogP contribution in [0.2, 0.25) is 5.02 Å². The fourth-order valence-corrected chi connectivity index (χ4v) is 2.26. The van der Waals surface area contributed by atoms with Crippen LogP contribution in [-0.2, 0) is 0 Å². The molecule has 0 saturated carbocycles. The summed E-state index contributed by atoms with van der Waals surface area (Å²) in [5.41, 5.74) is 4.31. The van der Waals surface area contributed by atoms with Gasteiger partial charge in [-0.25, -0.2) is 0 Å². The molecule has 0 bridgehead atoms. The van der Waals surface area contributed by atoms with Crippen molar-refractivity contribution >= 4 is 28.2 Å². The summed E-state index contributed by atoms with van der Waals surface area (Å²) in [7, 11) is 0. The number of pyridine rings is 1. The van der Waals surface area contributed by atoms with Gasteiger partial charge >= 0.3 is 0 Å². The number of rotatable bonds is 3. The average molecular weight is 249 g/mol. The van der Waals surface area contributed by atoms with Crippen LogP contribution in [0, 0.1) is 13.8 Å². The summed E-state index contributed by atoms with van der Waals surface area (Å²) >= 11 is 6.11. The molecule has 0 aliphatic carbocycles. The van der Waals surface area contributed by atoms with E-state index in [0.717, 1.165) is 45.8 Å². The average Bonchev–Trinajstić information content (AvgIpc) is 2.27. The first kappa shape index (κ1) is 12.2. The van der Waals surface area contributed by atoms with Crippen molar-refractivity contribution in [3.8, 4) is 0 Å². The van der Waals surface area contributed by atoms with E-state index in [1.54, 1.807) is 0 Å². The number of aryl methyl sites for hydroxylation is 2. The molecule has 1 aromatic heterocycles. The van der Waals surface area contributed by atoms with Gasteiger partial charge in [0.05, 0.1) is 5.52 Å². The van der Waals surface area contributed by atoms with Gasteiger partial charge in [-0.05, 0) is 44.0 Å². The summed E-state index contributed by atoms with van der Waals surface area (Å²) in [6.07, 6.45) is 1.10. The summed E-state index contributed by atoms with van der Waals surface area (Å²) in [5, 5.41) is 5.30. The van der Waals surface area contributed by atoms with Crippen molar-refractivity contribution in [3.05, 3.63) is 34.5 Å². The van der Waals surface area contributed by atoms with Crippen LogP contribution >= 0.6 is 11.6 Å². The minimum Gasteiger partial charge on any atom is -0.384 e. The highest BCUT2D eigenvalue weighted by atomic mass is 35.5. The van der Waals surface area contributed by atoms with E-state index in [9.17, 15) is 0 Å². The molecule has 0 aliphatic rings. The Labute approximate surface area is 107 Å². The first-order valence-corrected chi connectivity index (χ1v) is 6.31. The number of halogens is 1. The van der Waals surface area contributed by atoms with E-state index < -0.39 is 0 Å². The molecule has 2 nitrogen and oxygen atoms in total. The Balaban J connectivity index is 2.64. The Bertz CT molecular complexity index is 549. The van der Waals surface area contributed by atoms with Crippen LogP contribution in [0.25, 0.3) is 10.9 Å². The van der Waals surface area contributed by atoms with Crippen LogP contribution in [0.15, 0.2) is 18.2 Å². The Morgan fingerprint density at radius 3 is 2.71 bits per heavy atom. The number of hydrogen-bond donors (Lipinski definition) is 1. The zero-order valence-electron chi connectivity index (χ0n) is 10.5. The number of fused-ring (bicyclic) bond motifs is 1. The molecule has 1 aromatic carbocycles. The van der Waals surface area contributed by atoms with E-state index in [1.165, 1.54) is 0 Å². The maximum absolute atomic E-state index is 6.11. The zero-order valence-corrected chi connectivity index (χ0v) is 11.2. The number of anilines is 1. The number of benzene rings is 1. The van der Waals surface area contributed by atoms with E-state index in [4.69, 9.17) is 11.6 Å². The molecular formula is C14H17ClN2. The number of aromatic nitrogens is 1. The molecule has 0 atom stereocenters. The zero-order chi connectivity index (χ0) is 12.4. The van der Waals surface area contributed by atoms with Crippen LogP contribution in [0.5, 0.6) is 0 Å². The first-order chi connectivity index (χ1) is 8.11. The lowest BCUT2D eigenvalue weighted by Crippen LogP contribution is -2.02. The van der Waals surface area contributed by atoms with Crippen LogP contribution in [0.4, 0.5) is 5.69 Å². The summed E-state index contributed by atoms with van der Waals surface area (Å²) in [4.78, 5) is 4.59. The molecule has 2 aromatic rings. The smallest absolute Gasteiger partial charge is 0.0756 e. The Hall–Kier alpha value is -1.28. The van der Waals surface area contributed by atoms with Gasteiger partial charge in [0, 0.05) is 28.3 Å². The van der Waals surface area contributed by atoms with Gasteiger partial charge in [0.25, 0.3) is 0 Å². The molecule has 0 amide bonds. The van der Waals surface area contributed by atoms with Gasteiger partial charge in [0.1, 0.15) is 0 Å². The van der Waals surface area contributed by atoms with Crippen LogP contribution in [-0.4, -0.2) is 11.5 Å². The van der Waals surface area contributed by atoms with Crippen molar-refractivity contribution < 1.29 is 0 Å².